The third-order valence-corrected chi connectivity index (χ3v) is 6.54. The molecule has 0 aliphatic carbocycles. The van der Waals surface area contributed by atoms with Crippen LogP contribution >= 0.6 is 8.25 Å². The van der Waals surface area contributed by atoms with Crippen molar-refractivity contribution < 1.29 is 18.3 Å². The largest absolute Gasteiger partial charge is 0.697 e. The summed E-state index contributed by atoms with van der Waals surface area (Å²) in [4.78, 5) is 4.58. The van der Waals surface area contributed by atoms with Gasteiger partial charge in [-0.05, 0) is 44.4 Å². The molecule has 3 aromatic carbocycles. The molecule has 0 radical (unpaired) electrons. The minimum absolute atomic E-state index is 0.440. The molecule has 0 atom stereocenters. The number of benzene rings is 3. The zero-order chi connectivity index (χ0) is 27.2. The highest BCUT2D eigenvalue weighted by Crippen LogP contribution is 2.40. The summed E-state index contributed by atoms with van der Waals surface area (Å²) in [5, 5.41) is 4.88. The molecule has 0 saturated heterocycles. The average molecular weight is 533 g/mol. The van der Waals surface area contributed by atoms with Crippen molar-refractivity contribution in [3.8, 4) is 0 Å². The molecule has 0 saturated carbocycles. The van der Waals surface area contributed by atoms with E-state index in [1.165, 1.54) is 0 Å². The second-order valence-electron chi connectivity index (χ2n) is 8.10. The minimum atomic E-state index is -1.83. The third-order valence-electron chi connectivity index (χ3n) is 5.60. The van der Waals surface area contributed by atoms with E-state index in [0.29, 0.717) is 25.6 Å². The smallest absolute Gasteiger partial charge is 0.498 e. The van der Waals surface area contributed by atoms with Crippen molar-refractivity contribution in [3.63, 3.8) is 0 Å². The fourth-order valence-corrected chi connectivity index (χ4v) is 4.63. The van der Waals surface area contributed by atoms with Gasteiger partial charge in [-0.3, -0.25) is 0 Å². The topological polar surface area (TPSA) is 75.5 Å². The number of allylic oxidation sites excluding steroid dienone is 1. The predicted molar refractivity (Wildman–Crippen MR) is 151 cm³/mol. The predicted octanol–water partition coefficient (Wildman–Crippen LogP) is 7.23. The van der Waals surface area contributed by atoms with Gasteiger partial charge in [0.15, 0.2) is 5.82 Å². The molecular formula is C30H35N3O4P+. The molecule has 0 aliphatic heterocycles. The van der Waals surface area contributed by atoms with Crippen LogP contribution in [-0.2, 0) is 23.9 Å². The summed E-state index contributed by atoms with van der Waals surface area (Å²) < 4.78 is 27.0. The molecule has 0 spiro atoms. The van der Waals surface area contributed by atoms with Crippen LogP contribution in [0.3, 0.4) is 0 Å². The van der Waals surface area contributed by atoms with Crippen molar-refractivity contribution in [1.82, 2.24) is 14.8 Å². The van der Waals surface area contributed by atoms with Crippen LogP contribution in [-0.4, -0.2) is 34.6 Å². The van der Waals surface area contributed by atoms with Crippen molar-refractivity contribution in [1.29, 1.82) is 0 Å². The van der Waals surface area contributed by atoms with E-state index in [2.05, 4.69) is 86.8 Å². The maximum atomic E-state index is 10.3. The van der Waals surface area contributed by atoms with Gasteiger partial charge in [0.25, 0.3) is 0 Å². The van der Waals surface area contributed by atoms with Gasteiger partial charge in [-0.25, -0.2) is 9.67 Å². The molecule has 7 nitrogen and oxygen atoms in total. The van der Waals surface area contributed by atoms with E-state index in [1.54, 1.807) is 20.2 Å². The van der Waals surface area contributed by atoms with Gasteiger partial charge in [-0.15, -0.1) is 14.1 Å². The van der Waals surface area contributed by atoms with Crippen molar-refractivity contribution >= 4 is 14.3 Å². The Hall–Kier alpha value is -3.64. The Balaban J connectivity index is 0.000000436. The molecular weight excluding hydrogens is 497 g/mol. The number of aromatic nitrogens is 3. The fraction of sp³-hybridized carbons (Fsp3) is 0.267. The van der Waals surface area contributed by atoms with Gasteiger partial charge in [0, 0.05) is 10.6 Å². The lowest BCUT2D eigenvalue weighted by Gasteiger charge is -2.35. The van der Waals surface area contributed by atoms with Crippen LogP contribution in [0.1, 0.15) is 50.2 Å². The van der Waals surface area contributed by atoms with Gasteiger partial charge in [0.1, 0.15) is 25.1 Å². The lowest BCUT2D eigenvalue weighted by molar-refractivity contribution is 0.234. The van der Waals surface area contributed by atoms with Gasteiger partial charge in [-0.1, -0.05) is 91.0 Å². The summed E-state index contributed by atoms with van der Waals surface area (Å²) in [5.41, 5.74) is 2.70. The van der Waals surface area contributed by atoms with Gasteiger partial charge in [0.2, 0.25) is 0 Å². The van der Waals surface area contributed by atoms with Gasteiger partial charge >= 0.3 is 8.25 Å². The Bertz CT molecular complexity index is 1170. The summed E-state index contributed by atoms with van der Waals surface area (Å²) in [7, 11) is -1.83. The Labute approximate surface area is 226 Å². The first kappa shape index (κ1) is 28.9. The van der Waals surface area contributed by atoms with Gasteiger partial charge in [-0.2, -0.15) is 0 Å². The van der Waals surface area contributed by atoms with E-state index >= 15 is 0 Å². The summed E-state index contributed by atoms with van der Waals surface area (Å²) in [5.74, 6) is 1.41. The molecule has 0 bridgehead atoms. The number of ether oxygens (including phenoxy) is 1. The highest BCUT2D eigenvalue weighted by atomic mass is 31.1. The van der Waals surface area contributed by atoms with Crippen LogP contribution in [0.25, 0.3) is 6.08 Å². The molecule has 0 aliphatic rings. The zero-order valence-electron chi connectivity index (χ0n) is 22.4. The van der Waals surface area contributed by atoms with Crippen molar-refractivity contribution in [2.75, 3.05) is 19.8 Å². The Kier molecular flexibility index (Phi) is 11.4. The first-order valence-corrected chi connectivity index (χ1v) is 13.8. The van der Waals surface area contributed by atoms with Gasteiger partial charge < -0.3 is 4.74 Å². The summed E-state index contributed by atoms with van der Waals surface area (Å²) in [6, 6.07) is 31.3. The lowest BCUT2D eigenvalue weighted by atomic mass is 9.77. The number of rotatable bonds is 11. The zero-order valence-corrected chi connectivity index (χ0v) is 23.3. The Morgan fingerprint density at radius 3 is 1.63 bits per heavy atom. The highest BCUT2D eigenvalue weighted by Gasteiger charge is 2.39. The second kappa shape index (κ2) is 14.9. The molecule has 198 valence electrons. The standard InChI is InChI=1S/C26H25N3O.C4H10O3P/c1-3-30-21(2)19-25-27-20-29(28-25)26(22-13-7-4-8-14-22,23-15-9-5-10-16-23)24-17-11-6-12-18-24;1-3-6-8(5)7-4-2/h4-20H,3H2,1-2H3;3-4H2,1-2H3/q;+1/b21-19+;. The van der Waals surface area contributed by atoms with E-state index in [0.717, 1.165) is 22.4 Å². The molecule has 0 N–H and O–H groups in total. The van der Waals surface area contributed by atoms with Crippen molar-refractivity contribution in [2.24, 2.45) is 0 Å². The molecule has 0 amide bonds. The molecule has 4 rings (SSSR count). The Morgan fingerprint density at radius 1 is 0.789 bits per heavy atom. The molecule has 0 unspecified atom stereocenters. The normalized spacial score (nSPS) is 11.4. The molecule has 4 aromatic rings. The maximum Gasteiger partial charge on any atom is 0.697 e. The van der Waals surface area contributed by atoms with E-state index < -0.39 is 13.8 Å². The van der Waals surface area contributed by atoms with E-state index in [4.69, 9.17) is 9.84 Å². The monoisotopic (exact) mass is 532 g/mol. The highest BCUT2D eigenvalue weighted by molar-refractivity contribution is 7.33. The Morgan fingerprint density at radius 2 is 1.24 bits per heavy atom. The van der Waals surface area contributed by atoms with Crippen LogP contribution in [0.5, 0.6) is 0 Å². The minimum Gasteiger partial charge on any atom is -0.498 e. The van der Waals surface area contributed by atoms with Crippen LogP contribution in [0.4, 0.5) is 0 Å². The van der Waals surface area contributed by atoms with Gasteiger partial charge in [0.05, 0.1) is 12.4 Å². The summed E-state index contributed by atoms with van der Waals surface area (Å²) >= 11 is 0. The maximum absolute atomic E-state index is 10.3. The van der Waals surface area contributed by atoms with Crippen molar-refractivity contribution in [3.05, 3.63) is 126 Å². The average Bonchev–Trinajstić information content (AvgIpc) is 3.40. The van der Waals surface area contributed by atoms with Crippen molar-refractivity contribution in [2.45, 2.75) is 33.2 Å². The van der Waals surface area contributed by atoms with Crippen LogP contribution in [0.2, 0.25) is 0 Å². The number of hydrogen-bond acceptors (Lipinski definition) is 6. The molecule has 8 heteroatoms. The number of hydrogen-bond donors (Lipinski definition) is 0. The lowest BCUT2D eigenvalue weighted by Crippen LogP contribution is -2.38. The molecule has 0 fully saturated rings. The third kappa shape index (κ3) is 7.23. The second-order valence-corrected chi connectivity index (χ2v) is 9.07. The SMILES string of the molecule is CCO/C(C)=C/c1ncn(C(c2ccccc2)(c2ccccc2)c2ccccc2)n1.CCO[P+](=O)OCC. The molecule has 1 heterocycles. The number of nitrogens with zero attached hydrogens (tertiary/aromatic N) is 3. The van der Waals surface area contributed by atoms with E-state index in [1.807, 2.05) is 42.8 Å². The van der Waals surface area contributed by atoms with Crippen LogP contribution in [0.15, 0.2) is 103 Å². The first-order chi connectivity index (χ1) is 18.6. The fourth-order valence-electron chi connectivity index (χ4n) is 4.14. The molecule has 1 aromatic heterocycles. The van der Waals surface area contributed by atoms with E-state index in [9.17, 15) is 4.57 Å². The van der Waals surface area contributed by atoms with Crippen LogP contribution < -0.4 is 0 Å². The van der Waals surface area contributed by atoms with E-state index in [-0.39, 0.29) is 0 Å². The quantitative estimate of drug-likeness (QED) is 0.115. The van der Waals surface area contributed by atoms with Crippen LogP contribution in [0, 0.1) is 0 Å². The summed E-state index contributed by atoms with van der Waals surface area (Å²) in [6.45, 7) is 8.92. The summed E-state index contributed by atoms with van der Waals surface area (Å²) in [6.07, 6.45) is 3.67. The molecule has 38 heavy (non-hydrogen) atoms. The first-order valence-electron chi connectivity index (χ1n) is 12.7.